The molecule has 1 fully saturated rings. The van der Waals surface area contributed by atoms with Gasteiger partial charge in [-0.15, -0.1) is 0 Å². The van der Waals surface area contributed by atoms with Gasteiger partial charge in [0.15, 0.2) is 0 Å². The first-order valence-electron chi connectivity index (χ1n) is 6.58. The van der Waals surface area contributed by atoms with E-state index in [-0.39, 0.29) is 18.5 Å². The molecule has 1 aliphatic heterocycles. The Morgan fingerprint density at radius 1 is 1.15 bits per heavy atom. The Hall–Kier alpha value is -1.88. The number of ether oxygens (including phenoxy) is 2. The van der Waals surface area contributed by atoms with E-state index >= 15 is 0 Å². The number of rotatable bonds is 4. The lowest BCUT2D eigenvalue weighted by Crippen LogP contribution is -2.30. The summed E-state index contributed by atoms with van der Waals surface area (Å²) >= 11 is 0. The molecule has 108 valence electrons. The summed E-state index contributed by atoms with van der Waals surface area (Å²) in [5, 5.41) is 0. The summed E-state index contributed by atoms with van der Waals surface area (Å²) in [7, 11) is 3.22. The van der Waals surface area contributed by atoms with Crippen LogP contribution in [0.1, 0.15) is 5.56 Å². The van der Waals surface area contributed by atoms with Crippen LogP contribution in [0.2, 0.25) is 0 Å². The number of methoxy groups -OCH3 is 1. The van der Waals surface area contributed by atoms with Crippen LogP contribution < -0.4 is 0 Å². The molecule has 2 rings (SSSR count). The van der Waals surface area contributed by atoms with Crippen LogP contribution >= 0.6 is 0 Å². The molecule has 2 atom stereocenters. The maximum Gasteiger partial charge on any atom is 0.311 e. The number of nitrogens with zero attached hydrogens (tertiary/aromatic N) is 1. The van der Waals surface area contributed by atoms with Gasteiger partial charge in [-0.3, -0.25) is 9.59 Å². The van der Waals surface area contributed by atoms with E-state index in [0.717, 1.165) is 5.56 Å². The summed E-state index contributed by atoms with van der Waals surface area (Å²) in [6.45, 7) is 1.28. The van der Waals surface area contributed by atoms with Gasteiger partial charge >= 0.3 is 11.9 Å². The first-order valence-corrected chi connectivity index (χ1v) is 6.58. The standard InChI is InChI=1S/C15H19NO4/c1-16-8-12(14(17)19-2)13(9-16)15(18)20-10-11-6-4-3-5-7-11/h3-7,12-13H,8-10H2,1-2H3/t12-,13+/m0/s1. The highest BCUT2D eigenvalue weighted by Gasteiger charge is 2.42. The highest BCUT2D eigenvalue weighted by Crippen LogP contribution is 2.25. The van der Waals surface area contributed by atoms with E-state index in [1.807, 2.05) is 42.3 Å². The fourth-order valence-corrected chi connectivity index (χ4v) is 2.47. The van der Waals surface area contributed by atoms with Crippen LogP contribution in [0.15, 0.2) is 30.3 Å². The highest BCUT2D eigenvalue weighted by molar-refractivity contribution is 5.83. The maximum absolute atomic E-state index is 12.1. The number of hydrogen-bond donors (Lipinski definition) is 0. The van der Waals surface area contributed by atoms with Gasteiger partial charge in [0.2, 0.25) is 0 Å². The fraction of sp³-hybridized carbons (Fsp3) is 0.467. The van der Waals surface area contributed by atoms with Crippen molar-refractivity contribution in [2.75, 3.05) is 27.2 Å². The van der Waals surface area contributed by atoms with Gasteiger partial charge in [0.05, 0.1) is 18.9 Å². The van der Waals surface area contributed by atoms with Crippen molar-refractivity contribution < 1.29 is 19.1 Å². The summed E-state index contributed by atoms with van der Waals surface area (Å²) in [6, 6.07) is 9.48. The number of likely N-dealkylation sites (tertiary alicyclic amines) is 1. The number of carbonyl (C=O) groups is 2. The number of hydrogen-bond acceptors (Lipinski definition) is 5. The second-order valence-electron chi connectivity index (χ2n) is 5.05. The molecule has 5 nitrogen and oxygen atoms in total. The third kappa shape index (κ3) is 3.36. The minimum absolute atomic E-state index is 0.230. The van der Waals surface area contributed by atoms with Crippen LogP contribution in [0.4, 0.5) is 0 Å². The Balaban J connectivity index is 1.95. The molecule has 1 heterocycles. The van der Waals surface area contributed by atoms with Crippen molar-refractivity contribution in [3.8, 4) is 0 Å². The average Bonchev–Trinajstić information content (AvgIpc) is 2.87. The predicted octanol–water partition coefficient (Wildman–Crippen LogP) is 1.08. The highest BCUT2D eigenvalue weighted by atomic mass is 16.5. The Bertz CT molecular complexity index is 474. The quantitative estimate of drug-likeness (QED) is 0.771. The summed E-state index contributed by atoms with van der Waals surface area (Å²) in [5.74, 6) is -1.57. The molecule has 1 saturated heterocycles. The van der Waals surface area contributed by atoms with Crippen LogP contribution in [0.5, 0.6) is 0 Å². The lowest BCUT2D eigenvalue weighted by atomic mass is 9.96. The van der Waals surface area contributed by atoms with Gasteiger partial charge in [0.1, 0.15) is 6.61 Å². The van der Waals surface area contributed by atoms with Gasteiger partial charge in [-0.2, -0.15) is 0 Å². The molecule has 0 aromatic heterocycles. The summed E-state index contributed by atoms with van der Waals surface area (Å²) < 4.78 is 10.1. The van der Waals surface area contributed by atoms with Gasteiger partial charge in [-0.05, 0) is 12.6 Å². The van der Waals surface area contributed by atoms with Crippen LogP contribution in [-0.4, -0.2) is 44.1 Å². The molecule has 0 bridgehead atoms. The molecule has 0 aliphatic carbocycles. The second-order valence-corrected chi connectivity index (χ2v) is 5.05. The zero-order valence-electron chi connectivity index (χ0n) is 11.7. The lowest BCUT2D eigenvalue weighted by molar-refractivity contribution is -0.157. The Labute approximate surface area is 118 Å². The molecule has 5 heteroatoms. The molecule has 0 amide bonds. The monoisotopic (exact) mass is 277 g/mol. The Kier molecular flexibility index (Phi) is 4.74. The number of carbonyl (C=O) groups excluding carboxylic acids is 2. The molecule has 1 aromatic rings. The van der Waals surface area contributed by atoms with Crippen molar-refractivity contribution in [2.45, 2.75) is 6.61 Å². The van der Waals surface area contributed by atoms with E-state index in [4.69, 9.17) is 9.47 Å². The third-order valence-electron chi connectivity index (χ3n) is 3.53. The molecular weight excluding hydrogens is 258 g/mol. The van der Waals surface area contributed by atoms with E-state index < -0.39 is 11.8 Å². The summed E-state index contributed by atoms with van der Waals surface area (Å²) in [6.07, 6.45) is 0. The minimum atomic E-state index is -0.448. The average molecular weight is 277 g/mol. The lowest BCUT2D eigenvalue weighted by Gasteiger charge is -2.15. The zero-order valence-corrected chi connectivity index (χ0v) is 11.7. The van der Waals surface area contributed by atoms with Gasteiger partial charge in [0.25, 0.3) is 0 Å². The SMILES string of the molecule is COC(=O)[C@H]1CN(C)C[C@H]1C(=O)OCc1ccccc1. The van der Waals surface area contributed by atoms with Gasteiger partial charge < -0.3 is 14.4 Å². The van der Waals surface area contributed by atoms with Crippen LogP contribution in [0, 0.1) is 11.8 Å². The second kappa shape index (κ2) is 6.52. The van der Waals surface area contributed by atoms with Crippen LogP contribution in [0.25, 0.3) is 0 Å². The number of benzene rings is 1. The zero-order chi connectivity index (χ0) is 14.5. The van der Waals surface area contributed by atoms with Crippen molar-refractivity contribution in [3.05, 3.63) is 35.9 Å². The van der Waals surface area contributed by atoms with Crippen molar-refractivity contribution in [3.63, 3.8) is 0 Å². The van der Waals surface area contributed by atoms with Crippen molar-refractivity contribution in [1.29, 1.82) is 0 Å². The number of esters is 2. The van der Waals surface area contributed by atoms with E-state index in [1.165, 1.54) is 7.11 Å². The fourth-order valence-electron chi connectivity index (χ4n) is 2.47. The van der Waals surface area contributed by atoms with Crippen LogP contribution in [-0.2, 0) is 25.7 Å². The van der Waals surface area contributed by atoms with E-state index in [2.05, 4.69) is 0 Å². The van der Waals surface area contributed by atoms with Crippen molar-refractivity contribution in [1.82, 2.24) is 4.90 Å². The summed E-state index contributed by atoms with van der Waals surface area (Å²) in [5.41, 5.74) is 0.932. The largest absolute Gasteiger partial charge is 0.469 e. The van der Waals surface area contributed by atoms with Crippen LogP contribution in [0.3, 0.4) is 0 Å². The van der Waals surface area contributed by atoms with Crippen molar-refractivity contribution in [2.24, 2.45) is 11.8 Å². The van der Waals surface area contributed by atoms with Crippen molar-refractivity contribution >= 4 is 11.9 Å². The van der Waals surface area contributed by atoms with E-state index in [0.29, 0.717) is 13.1 Å². The smallest absolute Gasteiger partial charge is 0.311 e. The Morgan fingerprint density at radius 3 is 2.35 bits per heavy atom. The normalized spacial score (nSPS) is 22.5. The first-order chi connectivity index (χ1) is 9.61. The Morgan fingerprint density at radius 2 is 1.75 bits per heavy atom. The molecule has 20 heavy (non-hydrogen) atoms. The molecule has 1 aliphatic rings. The molecule has 0 saturated carbocycles. The third-order valence-corrected chi connectivity index (χ3v) is 3.53. The first kappa shape index (κ1) is 14.5. The predicted molar refractivity (Wildman–Crippen MR) is 72.7 cm³/mol. The molecule has 0 radical (unpaired) electrons. The van der Waals surface area contributed by atoms with Gasteiger partial charge in [-0.1, -0.05) is 30.3 Å². The molecule has 0 spiro atoms. The van der Waals surface area contributed by atoms with E-state index in [1.54, 1.807) is 0 Å². The topological polar surface area (TPSA) is 55.8 Å². The summed E-state index contributed by atoms with van der Waals surface area (Å²) in [4.78, 5) is 25.8. The minimum Gasteiger partial charge on any atom is -0.469 e. The van der Waals surface area contributed by atoms with E-state index in [9.17, 15) is 9.59 Å². The molecular formula is C15H19NO4. The molecule has 1 aromatic carbocycles. The molecule has 0 unspecified atom stereocenters. The maximum atomic E-state index is 12.1. The van der Waals surface area contributed by atoms with Gasteiger partial charge in [0, 0.05) is 13.1 Å². The van der Waals surface area contributed by atoms with Gasteiger partial charge in [-0.25, -0.2) is 0 Å². The molecule has 0 N–H and O–H groups in total.